The molecule has 0 aliphatic heterocycles. The maximum absolute atomic E-state index is 12.5. The van der Waals surface area contributed by atoms with Crippen molar-refractivity contribution in [2.24, 2.45) is 0 Å². The van der Waals surface area contributed by atoms with E-state index in [9.17, 15) is 20.1 Å². The second kappa shape index (κ2) is 50.9. The number of aliphatic hydroxyl groups excluding tert-OH is 3. The molecule has 0 bridgehead atoms. The molecular weight excluding hydrogens is 751 g/mol. The maximum Gasteiger partial charge on any atom is 0.222 e. The minimum atomic E-state index is -0.960. The molecule has 5 nitrogen and oxygen atoms in total. The van der Waals surface area contributed by atoms with Gasteiger partial charge in [0.2, 0.25) is 5.91 Å². The molecule has 3 unspecified atom stereocenters. The Morgan fingerprint density at radius 1 is 0.410 bits per heavy atom. The van der Waals surface area contributed by atoms with Gasteiger partial charge in [-0.25, -0.2) is 0 Å². The van der Waals surface area contributed by atoms with E-state index in [-0.39, 0.29) is 18.9 Å². The van der Waals surface area contributed by atoms with Gasteiger partial charge in [0.15, 0.2) is 0 Å². The third-order valence-corrected chi connectivity index (χ3v) is 12.3. The first-order chi connectivity index (χ1) is 30.0. The quantitative estimate of drug-likeness (QED) is 0.0362. The predicted molar refractivity (Wildman–Crippen MR) is 268 cm³/mol. The first-order valence-corrected chi connectivity index (χ1v) is 26.9. The van der Waals surface area contributed by atoms with E-state index in [4.69, 9.17) is 0 Å². The zero-order chi connectivity index (χ0) is 44.4. The Labute approximate surface area is 380 Å². The summed E-state index contributed by atoms with van der Waals surface area (Å²) in [6.45, 7) is 4.21. The lowest BCUT2D eigenvalue weighted by molar-refractivity contribution is -0.124. The standard InChI is InChI=1S/C56H105NO4/c1-3-5-7-9-11-13-15-17-19-21-22-23-24-25-26-27-28-29-30-31-32-34-35-37-39-41-43-45-47-49-53(59)51-56(61)57-54(52-58)55(60)50-48-46-44-42-40-38-36-33-20-18-16-14-12-10-8-6-4-2/h20,25-26,33,40,42,48,50,53-55,58-60H,3-19,21-24,27-32,34-39,41,43-47,49,51-52H2,1-2H3,(H,57,61)/b26-25-,33-20+,42-40+,50-48+. The Bertz CT molecular complexity index is 989. The maximum atomic E-state index is 12.5. The Balaban J connectivity index is 3.59. The molecule has 3 atom stereocenters. The van der Waals surface area contributed by atoms with Crippen LogP contribution in [0.2, 0.25) is 0 Å². The molecule has 1 amide bonds. The van der Waals surface area contributed by atoms with Crippen LogP contribution in [0.1, 0.15) is 277 Å². The van der Waals surface area contributed by atoms with Gasteiger partial charge in [0.1, 0.15) is 0 Å². The fourth-order valence-electron chi connectivity index (χ4n) is 8.19. The SMILES string of the molecule is CCCCCCCCC/C=C/CC/C=C/CC/C=C/C(O)C(CO)NC(=O)CC(O)CCCCCCCCCCCCCCC/C=C\CCCCCCCCCCCCCC. The van der Waals surface area contributed by atoms with Crippen molar-refractivity contribution in [2.45, 2.75) is 295 Å². The fraction of sp³-hybridized carbons (Fsp3) is 0.839. The van der Waals surface area contributed by atoms with Gasteiger partial charge in [0, 0.05) is 0 Å². The van der Waals surface area contributed by atoms with Gasteiger partial charge >= 0.3 is 0 Å². The van der Waals surface area contributed by atoms with Gasteiger partial charge in [-0.05, 0) is 70.6 Å². The Morgan fingerprint density at radius 3 is 1.05 bits per heavy atom. The van der Waals surface area contributed by atoms with Crippen LogP contribution in [-0.4, -0.2) is 46.1 Å². The second-order valence-corrected chi connectivity index (χ2v) is 18.5. The number of allylic oxidation sites excluding steroid dienone is 7. The number of amides is 1. The van der Waals surface area contributed by atoms with Crippen LogP contribution in [0.4, 0.5) is 0 Å². The summed E-state index contributed by atoms with van der Waals surface area (Å²) >= 11 is 0. The van der Waals surface area contributed by atoms with Crippen molar-refractivity contribution < 1.29 is 20.1 Å². The highest BCUT2D eigenvalue weighted by molar-refractivity contribution is 5.76. The van der Waals surface area contributed by atoms with Gasteiger partial charge in [-0.15, -0.1) is 0 Å². The van der Waals surface area contributed by atoms with Crippen LogP contribution in [0, 0.1) is 0 Å². The van der Waals surface area contributed by atoms with Gasteiger partial charge in [-0.3, -0.25) is 4.79 Å². The van der Waals surface area contributed by atoms with E-state index < -0.39 is 18.2 Å². The zero-order valence-corrected chi connectivity index (χ0v) is 40.8. The van der Waals surface area contributed by atoms with Gasteiger partial charge in [0.25, 0.3) is 0 Å². The first-order valence-electron chi connectivity index (χ1n) is 26.9. The minimum Gasteiger partial charge on any atom is -0.394 e. The molecule has 0 spiro atoms. The van der Waals surface area contributed by atoms with Crippen molar-refractivity contribution in [1.82, 2.24) is 5.32 Å². The van der Waals surface area contributed by atoms with Crippen molar-refractivity contribution in [3.8, 4) is 0 Å². The lowest BCUT2D eigenvalue weighted by Crippen LogP contribution is -2.45. The van der Waals surface area contributed by atoms with Crippen molar-refractivity contribution >= 4 is 5.91 Å². The molecule has 0 rings (SSSR count). The molecule has 0 aromatic carbocycles. The normalized spacial score (nSPS) is 13.7. The summed E-state index contributed by atoms with van der Waals surface area (Å²) in [6.07, 6.45) is 67.2. The van der Waals surface area contributed by atoms with Gasteiger partial charge in [0.05, 0.1) is 31.3 Å². The number of carbonyl (C=O) groups excluding carboxylic acids is 1. The number of aliphatic hydroxyl groups is 3. The summed E-state index contributed by atoms with van der Waals surface area (Å²) in [6, 6.07) is -0.768. The van der Waals surface area contributed by atoms with Crippen molar-refractivity contribution in [3.63, 3.8) is 0 Å². The lowest BCUT2D eigenvalue weighted by Gasteiger charge is -2.21. The number of carbonyl (C=O) groups is 1. The predicted octanol–water partition coefficient (Wildman–Crippen LogP) is 16.4. The summed E-state index contributed by atoms with van der Waals surface area (Å²) in [5.41, 5.74) is 0. The Hall–Kier alpha value is -1.69. The fourth-order valence-corrected chi connectivity index (χ4v) is 8.19. The molecule has 0 aromatic heterocycles. The van der Waals surface area contributed by atoms with Crippen LogP contribution in [0.3, 0.4) is 0 Å². The Kier molecular flexibility index (Phi) is 49.5. The van der Waals surface area contributed by atoms with E-state index in [1.807, 2.05) is 6.08 Å². The minimum absolute atomic E-state index is 0.00261. The monoisotopic (exact) mass is 856 g/mol. The molecular formula is C56H105NO4. The third kappa shape index (κ3) is 47.6. The molecule has 61 heavy (non-hydrogen) atoms. The molecule has 0 saturated carbocycles. The van der Waals surface area contributed by atoms with Gasteiger partial charge < -0.3 is 20.6 Å². The summed E-state index contributed by atoms with van der Waals surface area (Å²) in [5, 5.41) is 33.3. The smallest absolute Gasteiger partial charge is 0.222 e. The number of nitrogens with one attached hydrogen (secondary N) is 1. The zero-order valence-electron chi connectivity index (χ0n) is 40.8. The summed E-state index contributed by atoms with van der Waals surface area (Å²) in [5.74, 6) is -0.328. The Morgan fingerprint density at radius 2 is 0.705 bits per heavy atom. The van der Waals surface area contributed by atoms with Crippen LogP contribution in [0.25, 0.3) is 0 Å². The van der Waals surface area contributed by atoms with Crippen LogP contribution >= 0.6 is 0 Å². The van der Waals surface area contributed by atoms with E-state index in [2.05, 4.69) is 55.6 Å². The number of hydrogen-bond acceptors (Lipinski definition) is 4. The molecule has 358 valence electrons. The highest BCUT2D eigenvalue weighted by atomic mass is 16.3. The van der Waals surface area contributed by atoms with Crippen molar-refractivity contribution in [2.75, 3.05) is 6.61 Å². The van der Waals surface area contributed by atoms with E-state index in [1.54, 1.807) is 6.08 Å². The molecule has 0 aromatic rings. The van der Waals surface area contributed by atoms with E-state index >= 15 is 0 Å². The van der Waals surface area contributed by atoms with E-state index in [0.717, 1.165) is 38.5 Å². The average molecular weight is 856 g/mol. The van der Waals surface area contributed by atoms with Crippen LogP contribution in [0.5, 0.6) is 0 Å². The molecule has 5 heteroatoms. The molecule has 4 N–H and O–H groups in total. The van der Waals surface area contributed by atoms with Crippen molar-refractivity contribution in [3.05, 3.63) is 48.6 Å². The van der Waals surface area contributed by atoms with Crippen LogP contribution in [0.15, 0.2) is 48.6 Å². The third-order valence-electron chi connectivity index (χ3n) is 12.3. The number of unbranched alkanes of at least 4 members (excludes halogenated alkanes) is 34. The average Bonchev–Trinajstić information content (AvgIpc) is 3.25. The van der Waals surface area contributed by atoms with Gasteiger partial charge in [-0.2, -0.15) is 0 Å². The summed E-state index contributed by atoms with van der Waals surface area (Å²) in [7, 11) is 0. The molecule has 0 aliphatic rings. The summed E-state index contributed by atoms with van der Waals surface area (Å²) in [4.78, 5) is 12.5. The lowest BCUT2D eigenvalue weighted by atomic mass is 10.0. The summed E-state index contributed by atoms with van der Waals surface area (Å²) < 4.78 is 0. The van der Waals surface area contributed by atoms with E-state index in [1.165, 1.54) is 212 Å². The molecule has 0 heterocycles. The number of rotatable bonds is 49. The highest BCUT2D eigenvalue weighted by Gasteiger charge is 2.20. The number of hydrogen-bond donors (Lipinski definition) is 4. The molecule has 0 saturated heterocycles. The van der Waals surface area contributed by atoms with Crippen LogP contribution < -0.4 is 5.32 Å². The van der Waals surface area contributed by atoms with Gasteiger partial charge in [-0.1, -0.05) is 249 Å². The van der Waals surface area contributed by atoms with E-state index in [0.29, 0.717) is 6.42 Å². The topological polar surface area (TPSA) is 89.8 Å². The van der Waals surface area contributed by atoms with Crippen molar-refractivity contribution in [1.29, 1.82) is 0 Å². The molecule has 0 radical (unpaired) electrons. The largest absolute Gasteiger partial charge is 0.394 e. The molecule has 0 fully saturated rings. The highest BCUT2D eigenvalue weighted by Crippen LogP contribution is 2.16. The van der Waals surface area contributed by atoms with Crippen LogP contribution in [-0.2, 0) is 4.79 Å². The second-order valence-electron chi connectivity index (χ2n) is 18.5. The first kappa shape index (κ1) is 59.3. The molecule has 0 aliphatic carbocycles.